The van der Waals surface area contributed by atoms with Crippen LogP contribution in [0.3, 0.4) is 0 Å². The van der Waals surface area contributed by atoms with E-state index in [1.165, 1.54) is 0 Å². The van der Waals surface area contributed by atoms with Gasteiger partial charge in [0.2, 0.25) is 5.91 Å². The Labute approximate surface area is 133 Å². The van der Waals surface area contributed by atoms with E-state index < -0.39 is 0 Å². The van der Waals surface area contributed by atoms with Crippen LogP contribution in [0.1, 0.15) is 18.4 Å². The lowest BCUT2D eigenvalue weighted by Gasteiger charge is -2.27. The molecule has 4 N–H and O–H groups in total. The van der Waals surface area contributed by atoms with Crippen LogP contribution >= 0.6 is 11.6 Å². The van der Waals surface area contributed by atoms with Crippen LogP contribution in [0, 0.1) is 17.2 Å². The van der Waals surface area contributed by atoms with Gasteiger partial charge in [0.25, 0.3) is 5.91 Å². The van der Waals surface area contributed by atoms with Crippen molar-refractivity contribution in [3.63, 3.8) is 0 Å². The summed E-state index contributed by atoms with van der Waals surface area (Å²) in [7, 11) is 0. The number of likely N-dealkylation sites (tertiary alicyclic amines) is 1. The number of quaternary nitrogens is 1. The highest BCUT2D eigenvalue weighted by Crippen LogP contribution is 2.20. The van der Waals surface area contributed by atoms with Crippen molar-refractivity contribution in [2.75, 3.05) is 25.0 Å². The van der Waals surface area contributed by atoms with E-state index in [2.05, 4.69) is 5.32 Å². The van der Waals surface area contributed by atoms with Crippen LogP contribution in [0.25, 0.3) is 0 Å². The van der Waals surface area contributed by atoms with Crippen LogP contribution in [-0.2, 0) is 9.59 Å². The molecule has 1 heterocycles. The van der Waals surface area contributed by atoms with E-state index in [0.29, 0.717) is 22.8 Å². The molecule has 0 bridgehead atoms. The van der Waals surface area contributed by atoms with Gasteiger partial charge in [-0.05, 0) is 31.0 Å². The number of nitrogens with zero attached hydrogens (tertiary/aromatic N) is 1. The molecule has 1 unspecified atom stereocenters. The van der Waals surface area contributed by atoms with Crippen molar-refractivity contribution in [2.24, 2.45) is 11.7 Å². The van der Waals surface area contributed by atoms with Crippen LogP contribution in [0.4, 0.5) is 5.69 Å². The smallest absolute Gasteiger partial charge is 0.279 e. The first-order chi connectivity index (χ1) is 10.5. The second-order valence-electron chi connectivity index (χ2n) is 5.47. The zero-order valence-corrected chi connectivity index (χ0v) is 12.8. The molecule has 116 valence electrons. The van der Waals surface area contributed by atoms with E-state index in [4.69, 9.17) is 22.6 Å². The fourth-order valence-corrected chi connectivity index (χ4v) is 2.87. The maximum absolute atomic E-state index is 12.1. The number of nitriles is 1. The predicted molar refractivity (Wildman–Crippen MR) is 82.3 cm³/mol. The van der Waals surface area contributed by atoms with Gasteiger partial charge in [-0.2, -0.15) is 5.26 Å². The van der Waals surface area contributed by atoms with Crippen LogP contribution in [-0.4, -0.2) is 31.4 Å². The summed E-state index contributed by atoms with van der Waals surface area (Å²) in [6, 6.07) is 6.73. The molecule has 1 saturated heterocycles. The van der Waals surface area contributed by atoms with Gasteiger partial charge in [0.05, 0.1) is 30.3 Å². The van der Waals surface area contributed by atoms with Gasteiger partial charge in [0, 0.05) is 5.02 Å². The first kappa shape index (κ1) is 16.3. The molecule has 1 aliphatic rings. The Bertz CT molecular complexity index is 626. The topological polar surface area (TPSA) is 100 Å². The molecule has 1 aromatic carbocycles. The number of hydrogen-bond donors (Lipinski definition) is 3. The SMILES string of the molecule is N#Cc1ccc(Cl)cc1NC(=O)C[NH+]1CCC[C@H](C(N)=O)C1. The van der Waals surface area contributed by atoms with E-state index in [1.807, 2.05) is 6.07 Å². The number of halogens is 1. The van der Waals surface area contributed by atoms with Gasteiger partial charge >= 0.3 is 0 Å². The molecule has 0 radical (unpaired) electrons. The Morgan fingerprint density at radius 1 is 1.50 bits per heavy atom. The number of primary amides is 1. The maximum Gasteiger partial charge on any atom is 0.279 e. The third-order valence-corrected chi connectivity index (χ3v) is 4.04. The molecule has 1 fully saturated rings. The number of rotatable bonds is 4. The summed E-state index contributed by atoms with van der Waals surface area (Å²) in [6.07, 6.45) is 1.66. The number of hydrogen-bond acceptors (Lipinski definition) is 3. The number of piperidine rings is 1. The molecule has 0 aliphatic carbocycles. The molecule has 2 atom stereocenters. The number of carbonyl (C=O) groups is 2. The second-order valence-corrected chi connectivity index (χ2v) is 5.91. The predicted octanol–water partition coefficient (Wildman–Crippen LogP) is -0.0696. The summed E-state index contributed by atoms with van der Waals surface area (Å²) >= 11 is 5.89. The van der Waals surface area contributed by atoms with Crippen molar-refractivity contribution >= 4 is 29.1 Å². The van der Waals surface area contributed by atoms with Crippen molar-refractivity contribution in [1.29, 1.82) is 5.26 Å². The van der Waals surface area contributed by atoms with Crippen LogP contribution < -0.4 is 16.0 Å². The fourth-order valence-electron chi connectivity index (χ4n) is 2.69. The summed E-state index contributed by atoms with van der Waals surface area (Å²) in [4.78, 5) is 24.4. The molecule has 0 aromatic heterocycles. The van der Waals surface area contributed by atoms with Crippen molar-refractivity contribution < 1.29 is 14.5 Å². The molecule has 2 amide bonds. The number of anilines is 1. The minimum Gasteiger partial charge on any atom is -0.369 e. The molecule has 6 nitrogen and oxygen atoms in total. The highest BCUT2D eigenvalue weighted by Gasteiger charge is 2.28. The first-order valence-corrected chi connectivity index (χ1v) is 7.49. The van der Waals surface area contributed by atoms with E-state index in [-0.39, 0.29) is 24.3 Å². The molecule has 1 aliphatic heterocycles. The molecule has 7 heteroatoms. The lowest BCUT2D eigenvalue weighted by molar-refractivity contribution is -0.899. The lowest BCUT2D eigenvalue weighted by atomic mass is 9.97. The van der Waals surface area contributed by atoms with E-state index in [9.17, 15) is 9.59 Å². The third-order valence-electron chi connectivity index (χ3n) is 3.81. The highest BCUT2D eigenvalue weighted by atomic mass is 35.5. The molecule has 2 rings (SSSR count). The van der Waals surface area contributed by atoms with Crippen LogP contribution in [0.5, 0.6) is 0 Å². The second kappa shape index (κ2) is 7.25. The van der Waals surface area contributed by atoms with Crippen LogP contribution in [0.2, 0.25) is 5.02 Å². The third kappa shape index (κ3) is 4.20. The number of nitrogens with one attached hydrogen (secondary N) is 2. The van der Waals surface area contributed by atoms with E-state index in [0.717, 1.165) is 24.3 Å². The minimum absolute atomic E-state index is 0.169. The van der Waals surface area contributed by atoms with Gasteiger partial charge in [-0.25, -0.2) is 0 Å². The van der Waals surface area contributed by atoms with Crippen molar-refractivity contribution in [3.05, 3.63) is 28.8 Å². The molecular weight excluding hydrogens is 304 g/mol. The average molecular weight is 322 g/mol. The quantitative estimate of drug-likeness (QED) is 0.723. The highest BCUT2D eigenvalue weighted by molar-refractivity contribution is 6.31. The first-order valence-electron chi connectivity index (χ1n) is 7.12. The van der Waals surface area contributed by atoms with E-state index >= 15 is 0 Å². The molecule has 1 aromatic rings. The maximum atomic E-state index is 12.1. The Morgan fingerprint density at radius 2 is 2.27 bits per heavy atom. The van der Waals surface area contributed by atoms with Crippen molar-refractivity contribution in [1.82, 2.24) is 0 Å². The Hall–Kier alpha value is -2.10. The fraction of sp³-hybridized carbons (Fsp3) is 0.400. The summed E-state index contributed by atoms with van der Waals surface area (Å²) in [5.41, 5.74) is 6.10. The number of amides is 2. The largest absolute Gasteiger partial charge is 0.369 e. The normalized spacial score (nSPS) is 20.9. The van der Waals surface area contributed by atoms with Gasteiger partial charge in [-0.1, -0.05) is 11.6 Å². The Morgan fingerprint density at radius 3 is 2.95 bits per heavy atom. The van der Waals surface area contributed by atoms with Gasteiger partial charge in [-0.3, -0.25) is 9.59 Å². The summed E-state index contributed by atoms with van der Waals surface area (Å²) in [6.45, 7) is 1.64. The molecular formula is C15H18ClN4O2+. The van der Waals surface area contributed by atoms with Gasteiger partial charge in [0.1, 0.15) is 6.07 Å². The zero-order chi connectivity index (χ0) is 16.1. The Balaban J connectivity index is 1.97. The number of benzene rings is 1. The van der Waals surface area contributed by atoms with Gasteiger partial charge in [0.15, 0.2) is 6.54 Å². The summed E-state index contributed by atoms with van der Waals surface area (Å²) in [5, 5.41) is 12.2. The minimum atomic E-state index is -0.306. The van der Waals surface area contributed by atoms with Crippen LogP contribution in [0.15, 0.2) is 18.2 Å². The Kier molecular flexibility index (Phi) is 5.36. The van der Waals surface area contributed by atoms with Gasteiger partial charge in [-0.15, -0.1) is 0 Å². The number of carbonyl (C=O) groups excluding carboxylic acids is 2. The lowest BCUT2D eigenvalue weighted by Crippen LogP contribution is -3.14. The average Bonchev–Trinajstić information content (AvgIpc) is 2.47. The van der Waals surface area contributed by atoms with Crippen molar-refractivity contribution in [3.8, 4) is 6.07 Å². The molecule has 0 spiro atoms. The monoisotopic (exact) mass is 321 g/mol. The van der Waals surface area contributed by atoms with Gasteiger partial charge < -0.3 is 16.0 Å². The molecule has 22 heavy (non-hydrogen) atoms. The zero-order valence-electron chi connectivity index (χ0n) is 12.1. The standard InChI is InChI=1S/C15H17ClN4O2/c16-12-4-3-10(7-17)13(6-12)19-14(21)9-20-5-1-2-11(8-20)15(18)22/h3-4,6,11H,1-2,5,8-9H2,(H2,18,22)(H,19,21)/p+1/t11-/m0/s1. The summed E-state index contributed by atoms with van der Waals surface area (Å²) in [5.74, 6) is -0.685. The summed E-state index contributed by atoms with van der Waals surface area (Å²) < 4.78 is 0. The molecule has 0 saturated carbocycles. The van der Waals surface area contributed by atoms with Crippen molar-refractivity contribution in [2.45, 2.75) is 12.8 Å². The van der Waals surface area contributed by atoms with E-state index in [1.54, 1.807) is 18.2 Å². The number of nitrogens with two attached hydrogens (primary N) is 1.